The van der Waals surface area contributed by atoms with Gasteiger partial charge in [0.1, 0.15) is 11.4 Å². The molecule has 0 saturated heterocycles. The number of amides is 1. The van der Waals surface area contributed by atoms with E-state index in [0.29, 0.717) is 11.7 Å². The quantitative estimate of drug-likeness (QED) is 0.699. The van der Waals surface area contributed by atoms with Gasteiger partial charge in [0.05, 0.1) is 0 Å². The maximum atomic E-state index is 11.3. The van der Waals surface area contributed by atoms with Gasteiger partial charge in [0.15, 0.2) is 0 Å². The minimum Gasteiger partial charge on any atom is -0.360 e. The average Bonchev–Trinajstić information content (AvgIpc) is 2.17. The summed E-state index contributed by atoms with van der Waals surface area (Å²) in [6.45, 7) is 7.64. The largest absolute Gasteiger partial charge is 0.360 e. The Bertz CT molecular complexity index is 300. The first kappa shape index (κ1) is 15.1. The van der Waals surface area contributed by atoms with Crippen molar-refractivity contribution >= 4 is 22.7 Å². The number of halogens is 1. The maximum absolute atomic E-state index is 11.3. The molecule has 0 aliphatic rings. The number of allylic oxidation sites excluding steroid dienone is 2. The van der Waals surface area contributed by atoms with Crippen LogP contribution in [0.3, 0.4) is 0 Å². The number of nitrogens with zero attached hydrogens (tertiary/aromatic N) is 2. The second-order valence-electron chi connectivity index (χ2n) is 3.34. The first-order valence-corrected chi connectivity index (χ1v) is 5.52. The van der Waals surface area contributed by atoms with Crippen LogP contribution in [-0.2, 0) is 9.53 Å². The molecule has 0 radical (unpaired) electrons. The number of aliphatic imine (C=N–C) groups is 1. The first-order valence-electron chi connectivity index (χ1n) is 5.14. The van der Waals surface area contributed by atoms with Gasteiger partial charge in [0.25, 0.3) is 0 Å². The van der Waals surface area contributed by atoms with Crippen LogP contribution >= 0.6 is 11.6 Å². The van der Waals surface area contributed by atoms with Crippen LogP contribution in [0.2, 0.25) is 0 Å². The molecule has 0 N–H and O–H groups in total. The second kappa shape index (κ2) is 7.41. The molecule has 16 heavy (non-hydrogen) atoms. The van der Waals surface area contributed by atoms with Gasteiger partial charge in [-0.15, -0.1) is 0 Å². The van der Waals surface area contributed by atoms with E-state index < -0.39 is 0 Å². The van der Waals surface area contributed by atoms with E-state index in [1.807, 2.05) is 13.8 Å². The SMILES string of the molecule is CCN(C(C)=O)/C(C)=C/C(Cl)=NC(C)OC. The zero-order valence-electron chi connectivity index (χ0n) is 10.5. The van der Waals surface area contributed by atoms with Crippen molar-refractivity contribution in [2.45, 2.75) is 33.9 Å². The molecule has 4 nitrogen and oxygen atoms in total. The fraction of sp³-hybridized carbons (Fsp3) is 0.636. The van der Waals surface area contributed by atoms with Crippen LogP contribution < -0.4 is 0 Å². The third-order valence-corrected chi connectivity index (χ3v) is 2.30. The molecule has 0 aromatic heterocycles. The monoisotopic (exact) mass is 246 g/mol. The van der Waals surface area contributed by atoms with Crippen molar-refractivity contribution in [1.29, 1.82) is 0 Å². The zero-order valence-corrected chi connectivity index (χ0v) is 11.2. The lowest BCUT2D eigenvalue weighted by molar-refractivity contribution is -0.126. The Morgan fingerprint density at radius 1 is 1.56 bits per heavy atom. The van der Waals surface area contributed by atoms with Crippen LogP contribution in [0, 0.1) is 0 Å². The summed E-state index contributed by atoms with van der Waals surface area (Å²) in [7, 11) is 1.56. The highest BCUT2D eigenvalue weighted by molar-refractivity contribution is 6.68. The average molecular weight is 247 g/mol. The predicted octanol–water partition coefficient (Wildman–Crippen LogP) is 2.39. The van der Waals surface area contributed by atoms with Crippen molar-refractivity contribution < 1.29 is 9.53 Å². The van der Waals surface area contributed by atoms with Gasteiger partial charge in [-0.3, -0.25) is 4.79 Å². The smallest absolute Gasteiger partial charge is 0.223 e. The Morgan fingerprint density at radius 3 is 2.50 bits per heavy atom. The summed E-state index contributed by atoms with van der Waals surface area (Å²) in [6, 6.07) is 0. The summed E-state index contributed by atoms with van der Waals surface area (Å²) in [5.41, 5.74) is 0.770. The molecule has 1 atom stereocenters. The van der Waals surface area contributed by atoms with E-state index in [4.69, 9.17) is 16.3 Å². The molecule has 0 aliphatic carbocycles. The van der Waals surface area contributed by atoms with Gasteiger partial charge in [0, 0.05) is 26.3 Å². The van der Waals surface area contributed by atoms with Crippen LogP contribution in [-0.4, -0.2) is 35.9 Å². The summed E-state index contributed by atoms with van der Waals surface area (Å²) < 4.78 is 4.95. The Morgan fingerprint density at radius 2 is 2.12 bits per heavy atom. The summed E-state index contributed by atoms with van der Waals surface area (Å²) in [4.78, 5) is 16.9. The Balaban J connectivity index is 4.75. The molecule has 0 saturated carbocycles. The zero-order chi connectivity index (χ0) is 12.7. The number of hydrogen-bond acceptors (Lipinski definition) is 3. The van der Waals surface area contributed by atoms with Crippen LogP contribution in [0.1, 0.15) is 27.7 Å². The van der Waals surface area contributed by atoms with E-state index in [1.54, 1.807) is 25.0 Å². The minimum atomic E-state index is -0.288. The van der Waals surface area contributed by atoms with E-state index in [0.717, 1.165) is 5.70 Å². The third-order valence-electron chi connectivity index (χ3n) is 2.10. The first-order chi connectivity index (χ1) is 7.42. The molecule has 0 heterocycles. The van der Waals surface area contributed by atoms with Crippen molar-refractivity contribution in [3.8, 4) is 0 Å². The highest BCUT2D eigenvalue weighted by Crippen LogP contribution is 2.06. The Kier molecular flexibility index (Phi) is 7.01. The molecule has 1 unspecified atom stereocenters. The van der Waals surface area contributed by atoms with Gasteiger partial charge in [-0.2, -0.15) is 0 Å². The molecule has 0 aromatic rings. The Hall–Kier alpha value is -0.870. The summed E-state index contributed by atoms with van der Waals surface area (Å²) in [5.74, 6) is -0.0134. The summed E-state index contributed by atoms with van der Waals surface area (Å²) in [6.07, 6.45) is 1.37. The van der Waals surface area contributed by atoms with Crippen LogP contribution in [0.5, 0.6) is 0 Å². The van der Waals surface area contributed by atoms with Gasteiger partial charge in [-0.05, 0) is 26.8 Å². The standard InChI is InChI=1S/C11H19ClN2O2/c1-6-14(10(4)15)8(2)7-11(12)13-9(3)16-5/h7,9H,6H2,1-5H3/b8-7+,13-11?. The molecule has 1 amide bonds. The lowest BCUT2D eigenvalue weighted by atomic mass is 10.3. The topological polar surface area (TPSA) is 41.9 Å². The highest BCUT2D eigenvalue weighted by Gasteiger charge is 2.08. The number of rotatable bonds is 5. The van der Waals surface area contributed by atoms with Crippen molar-refractivity contribution in [3.63, 3.8) is 0 Å². The van der Waals surface area contributed by atoms with Gasteiger partial charge >= 0.3 is 0 Å². The number of carbonyl (C=O) groups excluding carboxylic acids is 1. The van der Waals surface area contributed by atoms with Crippen LogP contribution in [0.25, 0.3) is 0 Å². The van der Waals surface area contributed by atoms with E-state index in [-0.39, 0.29) is 12.1 Å². The fourth-order valence-electron chi connectivity index (χ4n) is 1.23. The molecule has 0 aliphatic heterocycles. The van der Waals surface area contributed by atoms with Crippen molar-refractivity contribution in [1.82, 2.24) is 4.90 Å². The van der Waals surface area contributed by atoms with Crippen molar-refractivity contribution in [2.75, 3.05) is 13.7 Å². The lowest BCUT2D eigenvalue weighted by Gasteiger charge is -2.19. The minimum absolute atomic E-state index is 0.0134. The van der Waals surface area contributed by atoms with Gasteiger partial charge < -0.3 is 9.64 Å². The lowest BCUT2D eigenvalue weighted by Crippen LogP contribution is -2.26. The number of hydrogen-bond donors (Lipinski definition) is 0. The Labute approximate surface area is 102 Å². The molecule has 0 spiro atoms. The van der Waals surface area contributed by atoms with Crippen molar-refractivity contribution in [2.24, 2.45) is 4.99 Å². The number of methoxy groups -OCH3 is 1. The fourth-order valence-corrected chi connectivity index (χ4v) is 1.53. The van der Waals surface area contributed by atoms with Gasteiger partial charge in [-0.1, -0.05) is 11.6 Å². The summed E-state index contributed by atoms with van der Waals surface area (Å²) in [5, 5.41) is 0.326. The number of ether oxygens (including phenoxy) is 1. The third kappa shape index (κ3) is 5.28. The molecule has 5 heteroatoms. The second-order valence-corrected chi connectivity index (χ2v) is 3.72. The van der Waals surface area contributed by atoms with E-state index >= 15 is 0 Å². The predicted molar refractivity (Wildman–Crippen MR) is 66.6 cm³/mol. The molecule has 0 aromatic carbocycles. The van der Waals surface area contributed by atoms with Crippen molar-refractivity contribution in [3.05, 3.63) is 11.8 Å². The van der Waals surface area contributed by atoms with E-state index in [2.05, 4.69) is 4.99 Å². The molecule has 0 bridgehead atoms. The van der Waals surface area contributed by atoms with Gasteiger partial charge in [-0.25, -0.2) is 4.99 Å². The van der Waals surface area contributed by atoms with Crippen LogP contribution in [0.4, 0.5) is 0 Å². The van der Waals surface area contributed by atoms with Crippen LogP contribution in [0.15, 0.2) is 16.8 Å². The summed E-state index contributed by atoms with van der Waals surface area (Å²) >= 11 is 5.91. The highest BCUT2D eigenvalue weighted by atomic mass is 35.5. The molecule has 0 fully saturated rings. The van der Waals surface area contributed by atoms with E-state index in [9.17, 15) is 4.79 Å². The normalized spacial score (nSPS) is 14.9. The molecule has 0 rings (SSSR count). The van der Waals surface area contributed by atoms with E-state index in [1.165, 1.54) is 6.92 Å². The molecular weight excluding hydrogens is 228 g/mol. The van der Waals surface area contributed by atoms with Gasteiger partial charge in [0.2, 0.25) is 5.91 Å². The maximum Gasteiger partial charge on any atom is 0.223 e. The molecular formula is C11H19ClN2O2. The molecule has 92 valence electrons. The number of carbonyl (C=O) groups is 1.